The average molecular weight is 475 g/mol. The van der Waals surface area contributed by atoms with Crippen LogP contribution in [0.25, 0.3) is 33.3 Å². The molecule has 0 aliphatic heterocycles. The zero-order valence-corrected chi connectivity index (χ0v) is 21.5. The SMILES string of the molecule is Cc1cc(C)c2c(c1)c(-c1ccccc1)c(-c1ccccc1)n2CC(O)CNc1ccc(C)c(C)c1. The number of aliphatic hydroxyl groups is 1. The number of anilines is 1. The van der Waals surface area contributed by atoms with Crippen molar-refractivity contribution in [2.45, 2.75) is 40.3 Å². The fourth-order valence-electron chi connectivity index (χ4n) is 5.22. The first-order valence-electron chi connectivity index (χ1n) is 12.7. The predicted octanol–water partition coefficient (Wildman–Crippen LogP) is 7.68. The number of hydrogen-bond acceptors (Lipinski definition) is 2. The minimum atomic E-state index is -0.561. The van der Waals surface area contributed by atoms with E-state index in [0.717, 1.165) is 16.9 Å². The van der Waals surface area contributed by atoms with Crippen LogP contribution in [0.2, 0.25) is 0 Å². The van der Waals surface area contributed by atoms with Gasteiger partial charge in [-0.2, -0.15) is 0 Å². The third kappa shape index (κ3) is 4.67. The third-order valence-electron chi connectivity index (χ3n) is 7.04. The van der Waals surface area contributed by atoms with Gasteiger partial charge in [0.15, 0.2) is 0 Å². The molecule has 3 nitrogen and oxygen atoms in total. The quantitative estimate of drug-likeness (QED) is 0.254. The van der Waals surface area contributed by atoms with E-state index in [1.165, 1.54) is 44.3 Å². The van der Waals surface area contributed by atoms with Crippen LogP contribution < -0.4 is 5.32 Å². The van der Waals surface area contributed by atoms with Crippen LogP contribution in [0.1, 0.15) is 22.3 Å². The highest BCUT2D eigenvalue weighted by Crippen LogP contribution is 2.42. The molecule has 0 spiro atoms. The topological polar surface area (TPSA) is 37.2 Å². The van der Waals surface area contributed by atoms with E-state index in [1.54, 1.807) is 0 Å². The summed E-state index contributed by atoms with van der Waals surface area (Å²) >= 11 is 0. The molecule has 0 saturated carbocycles. The monoisotopic (exact) mass is 474 g/mol. The van der Waals surface area contributed by atoms with Gasteiger partial charge in [-0.05, 0) is 73.7 Å². The number of aromatic nitrogens is 1. The predicted molar refractivity (Wildman–Crippen MR) is 153 cm³/mol. The molecule has 0 amide bonds. The number of nitrogens with zero attached hydrogens (tertiary/aromatic N) is 1. The second kappa shape index (κ2) is 10.0. The van der Waals surface area contributed by atoms with E-state index < -0.39 is 6.10 Å². The molecular formula is C33H34N2O. The lowest BCUT2D eigenvalue weighted by Crippen LogP contribution is -2.25. The molecule has 0 bridgehead atoms. The molecule has 36 heavy (non-hydrogen) atoms. The second-order valence-corrected chi connectivity index (χ2v) is 9.88. The zero-order chi connectivity index (χ0) is 25.2. The van der Waals surface area contributed by atoms with Crippen molar-refractivity contribution in [3.05, 3.63) is 113 Å². The van der Waals surface area contributed by atoms with Crippen molar-refractivity contribution in [3.8, 4) is 22.4 Å². The molecule has 2 N–H and O–H groups in total. The number of benzene rings is 4. The smallest absolute Gasteiger partial charge is 0.0891 e. The van der Waals surface area contributed by atoms with Crippen LogP contribution >= 0.6 is 0 Å². The van der Waals surface area contributed by atoms with Crippen molar-refractivity contribution < 1.29 is 5.11 Å². The molecule has 1 aromatic heterocycles. The lowest BCUT2D eigenvalue weighted by molar-refractivity contribution is 0.169. The number of nitrogens with one attached hydrogen (secondary N) is 1. The summed E-state index contributed by atoms with van der Waals surface area (Å²) in [5.41, 5.74) is 11.9. The van der Waals surface area contributed by atoms with Gasteiger partial charge in [0.05, 0.1) is 23.9 Å². The van der Waals surface area contributed by atoms with Crippen molar-refractivity contribution in [3.63, 3.8) is 0 Å². The van der Waals surface area contributed by atoms with Crippen molar-refractivity contribution >= 4 is 16.6 Å². The first kappa shape index (κ1) is 23.9. The van der Waals surface area contributed by atoms with Gasteiger partial charge in [0.1, 0.15) is 0 Å². The van der Waals surface area contributed by atoms with Gasteiger partial charge in [-0.3, -0.25) is 0 Å². The maximum absolute atomic E-state index is 11.3. The van der Waals surface area contributed by atoms with Gasteiger partial charge < -0.3 is 15.0 Å². The molecular weight excluding hydrogens is 440 g/mol. The van der Waals surface area contributed by atoms with Gasteiger partial charge in [-0.25, -0.2) is 0 Å². The second-order valence-electron chi connectivity index (χ2n) is 9.88. The zero-order valence-electron chi connectivity index (χ0n) is 21.5. The summed E-state index contributed by atoms with van der Waals surface area (Å²) in [4.78, 5) is 0. The van der Waals surface area contributed by atoms with Crippen molar-refractivity contribution in [2.24, 2.45) is 0 Å². The van der Waals surface area contributed by atoms with Crippen LogP contribution in [0.4, 0.5) is 5.69 Å². The van der Waals surface area contributed by atoms with Gasteiger partial charge in [0.2, 0.25) is 0 Å². The number of hydrogen-bond donors (Lipinski definition) is 2. The van der Waals surface area contributed by atoms with Gasteiger partial charge >= 0.3 is 0 Å². The Hall–Kier alpha value is -3.82. The van der Waals surface area contributed by atoms with Crippen molar-refractivity contribution in [1.82, 2.24) is 4.57 Å². The van der Waals surface area contributed by atoms with E-state index in [1.807, 2.05) is 0 Å². The summed E-state index contributed by atoms with van der Waals surface area (Å²) in [6.45, 7) is 9.53. The molecule has 4 aromatic carbocycles. The minimum absolute atomic E-state index is 0.474. The highest BCUT2D eigenvalue weighted by atomic mass is 16.3. The number of fused-ring (bicyclic) bond motifs is 1. The molecule has 1 unspecified atom stereocenters. The molecule has 0 saturated heterocycles. The van der Waals surface area contributed by atoms with Crippen molar-refractivity contribution in [1.29, 1.82) is 0 Å². The summed E-state index contributed by atoms with van der Waals surface area (Å²) in [6.07, 6.45) is -0.561. The van der Waals surface area contributed by atoms with E-state index in [4.69, 9.17) is 0 Å². The summed E-state index contributed by atoms with van der Waals surface area (Å²) in [5.74, 6) is 0. The summed E-state index contributed by atoms with van der Waals surface area (Å²) < 4.78 is 2.33. The molecule has 0 aliphatic carbocycles. The Kier molecular flexibility index (Phi) is 6.67. The van der Waals surface area contributed by atoms with Crippen LogP contribution in [0.3, 0.4) is 0 Å². The molecule has 5 rings (SSSR count). The largest absolute Gasteiger partial charge is 0.389 e. The molecule has 5 aromatic rings. The third-order valence-corrected chi connectivity index (χ3v) is 7.04. The average Bonchev–Trinajstić information content (AvgIpc) is 3.19. The molecule has 1 heterocycles. The number of rotatable bonds is 7. The Morgan fingerprint density at radius 3 is 2.06 bits per heavy atom. The molecule has 0 aliphatic rings. The lowest BCUT2D eigenvalue weighted by atomic mass is 9.97. The highest BCUT2D eigenvalue weighted by molar-refractivity contribution is 6.06. The Morgan fingerprint density at radius 2 is 1.39 bits per heavy atom. The molecule has 0 fully saturated rings. The first-order valence-corrected chi connectivity index (χ1v) is 12.7. The van der Waals surface area contributed by atoms with Gasteiger partial charge in [-0.15, -0.1) is 0 Å². The van der Waals surface area contributed by atoms with E-state index in [-0.39, 0.29) is 0 Å². The molecule has 182 valence electrons. The Morgan fingerprint density at radius 1 is 0.722 bits per heavy atom. The number of aliphatic hydroxyl groups excluding tert-OH is 1. The van der Waals surface area contributed by atoms with Crippen LogP contribution in [0.5, 0.6) is 0 Å². The molecule has 0 radical (unpaired) electrons. The fourth-order valence-corrected chi connectivity index (χ4v) is 5.22. The van der Waals surface area contributed by atoms with E-state index in [9.17, 15) is 5.11 Å². The minimum Gasteiger partial charge on any atom is -0.389 e. The van der Waals surface area contributed by atoms with Gasteiger partial charge in [-0.1, -0.05) is 78.4 Å². The fraction of sp³-hybridized carbons (Fsp3) is 0.212. The van der Waals surface area contributed by atoms with Crippen molar-refractivity contribution in [2.75, 3.05) is 11.9 Å². The van der Waals surface area contributed by atoms with E-state index >= 15 is 0 Å². The highest BCUT2D eigenvalue weighted by Gasteiger charge is 2.23. The van der Waals surface area contributed by atoms with Crippen LogP contribution in [-0.2, 0) is 6.54 Å². The van der Waals surface area contributed by atoms with Crippen LogP contribution in [-0.4, -0.2) is 22.3 Å². The van der Waals surface area contributed by atoms with Crippen LogP contribution in [0, 0.1) is 27.7 Å². The molecule has 1 atom stereocenters. The van der Waals surface area contributed by atoms with E-state index in [0.29, 0.717) is 13.1 Å². The van der Waals surface area contributed by atoms with Gasteiger partial charge in [0, 0.05) is 23.2 Å². The summed E-state index contributed by atoms with van der Waals surface area (Å²) in [7, 11) is 0. The first-order chi connectivity index (χ1) is 17.4. The van der Waals surface area contributed by atoms with Crippen LogP contribution in [0.15, 0.2) is 91.0 Å². The Balaban J connectivity index is 1.62. The summed E-state index contributed by atoms with van der Waals surface area (Å²) in [5, 5.41) is 15.9. The summed E-state index contributed by atoms with van der Waals surface area (Å²) in [6, 6.07) is 32.0. The number of aryl methyl sites for hydroxylation is 4. The maximum atomic E-state index is 11.3. The van der Waals surface area contributed by atoms with E-state index in [2.05, 4.69) is 129 Å². The standard InChI is InChI=1S/C33H34N2O/c1-22-17-25(4)32-30(18-22)31(26-11-7-5-8-12-26)33(27-13-9-6-10-14-27)35(32)21-29(36)20-34-28-16-15-23(2)24(3)19-28/h5-19,29,34,36H,20-21H2,1-4H3. The normalized spacial score (nSPS) is 12.1. The Bertz CT molecular complexity index is 1500. The Labute approximate surface area is 214 Å². The maximum Gasteiger partial charge on any atom is 0.0891 e. The van der Waals surface area contributed by atoms with Gasteiger partial charge in [0.25, 0.3) is 0 Å². The lowest BCUT2D eigenvalue weighted by Gasteiger charge is -2.19. The molecule has 3 heteroatoms.